The number of hydrogen-bond donors (Lipinski definition) is 3. The molecule has 0 radical (unpaired) electrons. The SMILES string of the molecule is O=C(CCCCCC(=O)Nc1nnc(-c2ccccc2)s1)NO. The number of rotatable bonds is 8. The number of anilines is 1. The van der Waals surface area contributed by atoms with Gasteiger partial charge in [0.25, 0.3) is 0 Å². The molecule has 3 N–H and O–H groups in total. The summed E-state index contributed by atoms with van der Waals surface area (Å²) in [6.45, 7) is 0. The van der Waals surface area contributed by atoms with Crippen LogP contribution in [0.25, 0.3) is 10.6 Å². The molecule has 0 unspecified atom stereocenters. The number of carbonyl (C=O) groups excluding carboxylic acids is 2. The molecule has 1 aromatic heterocycles. The molecule has 0 saturated carbocycles. The molecule has 2 amide bonds. The van der Waals surface area contributed by atoms with Crippen molar-refractivity contribution in [2.24, 2.45) is 0 Å². The average Bonchev–Trinajstić information content (AvgIpc) is 3.03. The first-order valence-corrected chi connectivity index (χ1v) is 8.12. The van der Waals surface area contributed by atoms with E-state index in [1.165, 1.54) is 11.3 Å². The third-order valence-corrected chi connectivity index (χ3v) is 4.01. The quantitative estimate of drug-likeness (QED) is 0.391. The molecule has 0 aliphatic carbocycles. The molecule has 0 spiro atoms. The van der Waals surface area contributed by atoms with Gasteiger partial charge in [-0.05, 0) is 12.8 Å². The summed E-state index contributed by atoms with van der Waals surface area (Å²) in [7, 11) is 0. The number of aromatic nitrogens is 2. The van der Waals surface area contributed by atoms with Crippen molar-refractivity contribution in [3.63, 3.8) is 0 Å². The second kappa shape index (κ2) is 8.96. The minimum atomic E-state index is -0.406. The van der Waals surface area contributed by atoms with Gasteiger partial charge in [0.2, 0.25) is 16.9 Å². The van der Waals surface area contributed by atoms with E-state index >= 15 is 0 Å². The Morgan fingerprint density at radius 2 is 1.70 bits per heavy atom. The van der Waals surface area contributed by atoms with Crippen LogP contribution < -0.4 is 10.8 Å². The first-order valence-electron chi connectivity index (χ1n) is 7.31. The molecule has 0 bridgehead atoms. The zero-order valence-electron chi connectivity index (χ0n) is 12.5. The lowest BCUT2D eigenvalue weighted by Gasteiger charge is -2.01. The molecule has 1 aromatic carbocycles. The molecular formula is C15H18N4O3S. The molecule has 7 nitrogen and oxygen atoms in total. The van der Waals surface area contributed by atoms with Gasteiger partial charge in [-0.25, -0.2) is 5.48 Å². The van der Waals surface area contributed by atoms with Gasteiger partial charge in [0.05, 0.1) is 0 Å². The highest BCUT2D eigenvalue weighted by Gasteiger charge is 2.09. The highest BCUT2D eigenvalue weighted by molar-refractivity contribution is 7.18. The summed E-state index contributed by atoms with van der Waals surface area (Å²) in [6.07, 6.45) is 2.67. The Bertz CT molecular complexity index is 645. The Labute approximate surface area is 137 Å². The summed E-state index contributed by atoms with van der Waals surface area (Å²) >= 11 is 1.33. The van der Waals surface area contributed by atoms with Gasteiger partial charge in [0.15, 0.2) is 0 Å². The number of nitrogens with zero attached hydrogens (tertiary/aromatic N) is 2. The molecule has 1 heterocycles. The molecule has 122 valence electrons. The Kier molecular flexibility index (Phi) is 6.64. The van der Waals surface area contributed by atoms with Gasteiger partial charge >= 0.3 is 0 Å². The van der Waals surface area contributed by atoms with Crippen molar-refractivity contribution in [2.45, 2.75) is 32.1 Å². The fourth-order valence-electron chi connectivity index (χ4n) is 1.96. The highest BCUT2D eigenvalue weighted by atomic mass is 32.1. The van der Waals surface area contributed by atoms with Gasteiger partial charge in [-0.15, -0.1) is 10.2 Å². The van der Waals surface area contributed by atoms with E-state index in [1.807, 2.05) is 30.3 Å². The number of hydroxylamine groups is 1. The third kappa shape index (κ3) is 5.76. The van der Waals surface area contributed by atoms with Gasteiger partial charge in [0.1, 0.15) is 5.01 Å². The van der Waals surface area contributed by atoms with E-state index in [0.29, 0.717) is 24.4 Å². The Balaban J connectivity index is 1.72. The summed E-state index contributed by atoms with van der Waals surface area (Å²) < 4.78 is 0. The Hall–Kier alpha value is -2.32. The number of unbranched alkanes of at least 4 members (excludes halogenated alkanes) is 2. The lowest BCUT2D eigenvalue weighted by Crippen LogP contribution is -2.17. The van der Waals surface area contributed by atoms with E-state index in [9.17, 15) is 9.59 Å². The van der Waals surface area contributed by atoms with Gasteiger partial charge in [-0.1, -0.05) is 48.1 Å². The highest BCUT2D eigenvalue weighted by Crippen LogP contribution is 2.25. The molecular weight excluding hydrogens is 316 g/mol. The molecule has 8 heteroatoms. The topological polar surface area (TPSA) is 104 Å². The van der Waals surface area contributed by atoms with Crippen LogP contribution in [0.3, 0.4) is 0 Å². The van der Waals surface area contributed by atoms with Crippen molar-refractivity contribution in [1.82, 2.24) is 15.7 Å². The lowest BCUT2D eigenvalue weighted by atomic mass is 10.1. The summed E-state index contributed by atoms with van der Waals surface area (Å²) in [5.41, 5.74) is 2.55. The van der Waals surface area contributed by atoms with Crippen LogP contribution in [-0.2, 0) is 9.59 Å². The zero-order chi connectivity index (χ0) is 16.5. The van der Waals surface area contributed by atoms with Crippen LogP contribution in [0.5, 0.6) is 0 Å². The molecule has 23 heavy (non-hydrogen) atoms. The molecule has 2 aromatic rings. The molecule has 2 rings (SSSR count). The smallest absolute Gasteiger partial charge is 0.243 e. The zero-order valence-corrected chi connectivity index (χ0v) is 13.3. The molecule has 0 aliphatic heterocycles. The van der Waals surface area contributed by atoms with E-state index in [2.05, 4.69) is 15.5 Å². The predicted octanol–water partition coefficient (Wildman–Crippen LogP) is 2.60. The van der Waals surface area contributed by atoms with E-state index in [-0.39, 0.29) is 12.3 Å². The van der Waals surface area contributed by atoms with Crippen LogP contribution in [0.4, 0.5) is 5.13 Å². The fourth-order valence-corrected chi connectivity index (χ4v) is 2.72. The summed E-state index contributed by atoms with van der Waals surface area (Å²) in [6, 6.07) is 9.65. The van der Waals surface area contributed by atoms with Crippen molar-refractivity contribution in [1.29, 1.82) is 0 Å². The van der Waals surface area contributed by atoms with Crippen molar-refractivity contribution in [3.8, 4) is 10.6 Å². The molecule has 0 atom stereocenters. The summed E-state index contributed by atoms with van der Waals surface area (Å²) in [5, 5.41) is 20.4. The van der Waals surface area contributed by atoms with Crippen LogP contribution in [-0.4, -0.2) is 27.2 Å². The Morgan fingerprint density at radius 3 is 2.39 bits per heavy atom. The van der Waals surface area contributed by atoms with Gasteiger partial charge < -0.3 is 5.32 Å². The second-order valence-corrected chi connectivity index (χ2v) is 5.90. The number of benzene rings is 1. The largest absolute Gasteiger partial charge is 0.301 e. The van der Waals surface area contributed by atoms with Gasteiger partial charge in [0, 0.05) is 18.4 Å². The number of carbonyl (C=O) groups is 2. The predicted molar refractivity (Wildman–Crippen MR) is 87.0 cm³/mol. The van der Waals surface area contributed by atoms with Crippen LogP contribution in [0.1, 0.15) is 32.1 Å². The lowest BCUT2D eigenvalue weighted by molar-refractivity contribution is -0.129. The second-order valence-electron chi connectivity index (χ2n) is 4.92. The number of amides is 2. The minimum absolute atomic E-state index is 0.118. The third-order valence-electron chi connectivity index (χ3n) is 3.12. The van der Waals surface area contributed by atoms with Crippen molar-refractivity contribution < 1.29 is 14.8 Å². The van der Waals surface area contributed by atoms with E-state index in [0.717, 1.165) is 17.0 Å². The maximum Gasteiger partial charge on any atom is 0.243 e. The fraction of sp³-hybridized carbons (Fsp3) is 0.333. The maximum atomic E-state index is 11.8. The molecule has 0 aliphatic rings. The first-order chi connectivity index (χ1) is 11.2. The van der Waals surface area contributed by atoms with Gasteiger partial charge in [-0.2, -0.15) is 0 Å². The molecule has 0 saturated heterocycles. The van der Waals surface area contributed by atoms with Crippen molar-refractivity contribution >= 4 is 28.3 Å². The van der Waals surface area contributed by atoms with E-state index in [4.69, 9.17) is 5.21 Å². The number of hydrogen-bond acceptors (Lipinski definition) is 6. The number of nitrogens with one attached hydrogen (secondary N) is 2. The normalized spacial score (nSPS) is 10.3. The van der Waals surface area contributed by atoms with Crippen LogP contribution in [0, 0.1) is 0 Å². The van der Waals surface area contributed by atoms with Gasteiger partial charge in [-0.3, -0.25) is 14.8 Å². The van der Waals surface area contributed by atoms with Crippen LogP contribution >= 0.6 is 11.3 Å². The monoisotopic (exact) mass is 334 g/mol. The average molecular weight is 334 g/mol. The van der Waals surface area contributed by atoms with Crippen molar-refractivity contribution in [3.05, 3.63) is 30.3 Å². The van der Waals surface area contributed by atoms with Crippen LogP contribution in [0.2, 0.25) is 0 Å². The Morgan fingerprint density at radius 1 is 1.00 bits per heavy atom. The van der Waals surface area contributed by atoms with E-state index in [1.54, 1.807) is 5.48 Å². The van der Waals surface area contributed by atoms with Crippen molar-refractivity contribution in [2.75, 3.05) is 5.32 Å². The standard InChI is InChI=1S/C15H18N4O3S/c20-12(9-5-2-6-10-13(21)19-22)16-15-18-17-14(23-15)11-7-3-1-4-8-11/h1,3-4,7-8,22H,2,5-6,9-10H2,(H,19,21)(H,16,18,20). The summed E-state index contributed by atoms with van der Waals surface area (Å²) in [5.74, 6) is -0.524. The molecule has 0 fully saturated rings. The van der Waals surface area contributed by atoms with E-state index < -0.39 is 5.91 Å². The first kappa shape index (κ1) is 17.0. The van der Waals surface area contributed by atoms with Crippen LogP contribution in [0.15, 0.2) is 30.3 Å². The minimum Gasteiger partial charge on any atom is -0.301 e. The summed E-state index contributed by atoms with van der Waals surface area (Å²) in [4.78, 5) is 22.6. The maximum absolute atomic E-state index is 11.8.